The zero-order valence-corrected chi connectivity index (χ0v) is 23.1. The Bertz CT molecular complexity index is 2020. The van der Waals surface area contributed by atoms with Crippen molar-refractivity contribution < 1.29 is 34.6 Å². The number of hydrogen-bond donors (Lipinski definition) is 0. The second-order valence-electron chi connectivity index (χ2n) is 9.27. The Labute approximate surface area is 243 Å². The first-order valence-corrected chi connectivity index (χ1v) is 12.6. The molecular formula is C34H18N2O3Pt. The zero-order valence-electron chi connectivity index (χ0n) is 20.8. The second kappa shape index (κ2) is 9.78. The van der Waals surface area contributed by atoms with Crippen LogP contribution in [-0.4, -0.2) is 9.97 Å². The summed E-state index contributed by atoms with van der Waals surface area (Å²) in [4.78, 5) is 9.42. The molecule has 4 aromatic heterocycles. The largest absolute Gasteiger partial charge is 2.00 e. The molecule has 6 heteroatoms. The first kappa shape index (κ1) is 24.3. The predicted molar refractivity (Wildman–Crippen MR) is 152 cm³/mol. The van der Waals surface area contributed by atoms with Crippen molar-refractivity contribution in [3.63, 3.8) is 0 Å². The molecule has 0 fully saturated rings. The van der Waals surface area contributed by atoms with Gasteiger partial charge in [0.15, 0.2) is 0 Å². The summed E-state index contributed by atoms with van der Waals surface area (Å²) < 4.78 is 18.2. The molecule has 0 saturated carbocycles. The molecule has 192 valence electrons. The van der Waals surface area contributed by atoms with Crippen LogP contribution in [0.25, 0.3) is 66.4 Å². The van der Waals surface area contributed by atoms with Crippen molar-refractivity contribution in [1.29, 1.82) is 0 Å². The predicted octanol–water partition coefficient (Wildman–Crippen LogP) is 9.00. The molecule has 0 saturated heterocycles. The van der Waals surface area contributed by atoms with Crippen LogP contribution in [0.5, 0.6) is 11.8 Å². The van der Waals surface area contributed by atoms with Gasteiger partial charge in [0.1, 0.15) is 11.2 Å². The van der Waals surface area contributed by atoms with Gasteiger partial charge in [-0.3, -0.25) is 9.97 Å². The first-order valence-electron chi connectivity index (χ1n) is 12.6. The van der Waals surface area contributed by atoms with Crippen molar-refractivity contribution in [1.82, 2.24) is 9.97 Å². The molecule has 0 N–H and O–H groups in total. The van der Waals surface area contributed by atoms with E-state index in [9.17, 15) is 0 Å². The Morgan fingerprint density at radius 1 is 0.500 bits per heavy atom. The Morgan fingerprint density at radius 3 is 1.48 bits per heavy atom. The van der Waals surface area contributed by atoms with Crippen LogP contribution in [0, 0.1) is 12.1 Å². The molecule has 5 nitrogen and oxygen atoms in total. The average Bonchev–Trinajstić information content (AvgIpc) is 3.55. The number of rotatable bonds is 4. The maximum Gasteiger partial charge on any atom is 2.00 e. The fraction of sp³-hybridized carbons (Fsp3) is 0. The minimum atomic E-state index is 0. The van der Waals surface area contributed by atoms with Gasteiger partial charge in [0.05, 0.1) is 11.2 Å². The minimum Gasteiger partial charge on any atom is -0.476 e. The van der Waals surface area contributed by atoms with E-state index in [1.807, 2.05) is 97.1 Å². The van der Waals surface area contributed by atoms with Gasteiger partial charge in [-0.05, 0) is 46.4 Å². The monoisotopic (exact) mass is 697 g/mol. The van der Waals surface area contributed by atoms with Crippen molar-refractivity contribution in [3.05, 3.63) is 121 Å². The van der Waals surface area contributed by atoms with Crippen molar-refractivity contribution in [3.8, 4) is 34.3 Å². The number of ether oxygens (including phenoxy) is 1. The Morgan fingerprint density at radius 2 is 0.975 bits per heavy atom. The maximum absolute atomic E-state index is 6.08. The van der Waals surface area contributed by atoms with Gasteiger partial charge >= 0.3 is 21.1 Å². The normalized spacial score (nSPS) is 11.3. The summed E-state index contributed by atoms with van der Waals surface area (Å²) in [6.07, 6.45) is 0. The third-order valence-corrected chi connectivity index (χ3v) is 6.83. The van der Waals surface area contributed by atoms with Crippen LogP contribution in [0.3, 0.4) is 0 Å². The number of para-hydroxylation sites is 2. The van der Waals surface area contributed by atoms with Gasteiger partial charge in [0, 0.05) is 0 Å². The van der Waals surface area contributed by atoms with Crippen molar-refractivity contribution in [2.45, 2.75) is 0 Å². The number of furan rings is 2. The number of aromatic nitrogens is 2. The van der Waals surface area contributed by atoms with Crippen LogP contribution in [0.2, 0.25) is 0 Å². The molecule has 0 unspecified atom stereocenters. The molecule has 4 aromatic carbocycles. The summed E-state index contributed by atoms with van der Waals surface area (Å²) in [6, 6.07) is 41.8. The Balaban J connectivity index is 0.00000264. The number of benzene rings is 4. The van der Waals surface area contributed by atoms with E-state index < -0.39 is 0 Å². The van der Waals surface area contributed by atoms with Crippen LogP contribution in [0.1, 0.15) is 0 Å². The van der Waals surface area contributed by atoms with E-state index >= 15 is 0 Å². The summed E-state index contributed by atoms with van der Waals surface area (Å²) in [5, 5.41) is 4.20. The van der Waals surface area contributed by atoms with E-state index in [0.29, 0.717) is 11.8 Å². The molecule has 0 aliphatic rings. The maximum atomic E-state index is 6.08. The van der Waals surface area contributed by atoms with Gasteiger partial charge < -0.3 is 13.6 Å². The quantitative estimate of drug-likeness (QED) is 0.172. The third-order valence-electron chi connectivity index (χ3n) is 6.83. The van der Waals surface area contributed by atoms with Crippen LogP contribution in [0.4, 0.5) is 0 Å². The number of nitrogens with zero attached hydrogens (tertiary/aromatic N) is 2. The van der Waals surface area contributed by atoms with Gasteiger partial charge in [-0.25, -0.2) is 0 Å². The van der Waals surface area contributed by atoms with Crippen LogP contribution in [0.15, 0.2) is 118 Å². The van der Waals surface area contributed by atoms with E-state index in [4.69, 9.17) is 23.5 Å². The van der Waals surface area contributed by atoms with Gasteiger partial charge in [-0.1, -0.05) is 83.6 Å². The fourth-order valence-electron chi connectivity index (χ4n) is 4.97. The molecule has 8 rings (SSSR count). The van der Waals surface area contributed by atoms with Crippen LogP contribution < -0.4 is 4.74 Å². The standard InChI is InChI=1S/C34H18N2O3.Pt/c1-3-11-29-23(7-1)25-17-15-21(19-31(25)37-29)27-9-5-13-33(35-27)39-34-14-6-10-28(36-34)22-16-18-26-24-8-2-4-12-30(24)38-32(26)20-22;/h1-14,17-20H;/q-2;+2. The summed E-state index contributed by atoms with van der Waals surface area (Å²) >= 11 is 0. The smallest absolute Gasteiger partial charge is 0.476 e. The van der Waals surface area contributed by atoms with Gasteiger partial charge in [0.25, 0.3) is 0 Å². The van der Waals surface area contributed by atoms with Crippen molar-refractivity contribution in [2.75, 3.05) is 0 Å². The van der Waals surface area contributed by atoms with Crippen LogP contribution >= 0.6 is 0 Å². The summed E-state index contributed by atoms with van der Waals surface area (Å²) in [7, 11) is 0. The molecule has 0 spiro atoms. The molecule has 4 heterocycles. The topological polar surface area (TPSA) is 61.3 Å². The molecule has 0 aliphatic carbocycles. The van der Waals surface area contributed by atoms with Crippen molar-refractivity contribution in [2.24, 2.45) is 0 Å². The molecule has 40 heavy (non-hydrogen) atoms. The number of hydrogen-bond acceptors (Lipinski definition) is 5. The average molecular weight is 698 g/mol. The van der Waals surface area contributed by atoms with Gasteiger partial charge in [-0.2, -0.15) is 0 Å². The van der Waals surface area contributed by atoms with Gasteiger partial charge in [0.2, 0.25) is 11.8 Å². The number of fused-ring (bicyclic) bond motifs is 6. The molecule has 0 radical (unpaired) electrons. The molecule has 0 atom stereocenters. The van der Waals surface area contributed by atoms with E-state index in [2.05, 4.69) is 24.3 Å². The van der Waals surface area contributed by atoms with E-state index in [0.717, 1.165) is 66.4 Å². The Hall–Kier alpha value is -4.73. The van der Waals surface area contributed by atoms with Crippen LogP contribution in [-0.2, 0) is 21.1 Å². The molecule has 0 aliphatic heterocycles. The summed E-state index contributed by atoms with van der Waals surface area (Å²) in [6.45, 7) is 0. The summed E-state index contributed by atoms with van der Waals surface area (Å²) in [5.41, 5.74) is 6.40. The Kier molecular flexibility index (Phi) is 5.95. The van der Waals surface area contributed by atoms with Crippen molar-refractivity contribution >= 4 is 43.9 Å². The fourth-order valence-corrected chi connectivity index (χ4v) is 4.97. The molecule has 8 aromatic rings. The van der Waals surface area contributed by atoms with E-state index in [1.54, 1.807) is 0 Å². The number of pyridine rings is 2. The van der Waals surface area contributed by atoms with E-state index in [-0.39, 0.29) is 21.1 Å². The van der Waals surface area contributed by atoms with E-state index in [1.165, 1.54) is 0 Å². The first-order chi connectivity index (χ1) is 19.3. The zero-order chi connectivity index (χ0) is 25.8. The molecule has 0 bridgehead atoms. The minimum absolute atomic E-state index is 0. The summed E-state index contributed by atoms with van der Waals surface area (Å²) in [5.74, 6) is 0.874. The molecule has 0 amide bonds. The second-order valence-corrected chi connectivity index (χ2v) is 9.27. The van der Waals surface area contributed by atoms with Gasteiger partial charge in [-0.15, -0.1) is 35.4 Å². The third kappa shape index (κ3) is 4.16. The molecular weight excluding hydrogens is 679 g/mol. The SMILES string of the molecule is [Pt+2].[c-]1cc2c(cc1-c1cccc(Oc3cccc(-c4[c-]cc5c(c4)oc4ccccc45)n3)n1)oc1ccccc12.